The summed E-state index contributed by atoms with van der Waals surface area (Å²) in [6.45, 7) is 0. The maximum Gasteiger partial charge on any atom is 0.172 e. The Balaban J connectivity index is 1.58. The molecule has 0 atom stereocenters. The van der Waals surface area contributed by atoms with Gasteiger partial charge >= 0.3 is 0 Å². The second-order valence-corrected chi connectivity index (χ2v) is 7.83. The molecule has 0 aliphatic heterocycles. The van der Waals surface area contributed by atoms with E-state index >= 15 is 0 Å². The zero-order valence-corrected chi connectivity index (χ0v) is 17.8. The largest absolute Gasteiger partial charge is 0.497 e. The van der Waals surface area contributed by atoms with Crippen molar-refractivity contribution in [2.75, 3.05) is 7.11 Å². The molecule has 0 bridgehead atoms. The van der Waals surface area contributed by atoms with Crippen molar-refractivity contribution in [1.29, 1.82) is 0 Å². The normalized spacial score (nSPS) is 11.0. The molecule has 3 aromatic heterocycles. The number of methoxy groups -OCH3 is 1. The Kier molecular flexibility index (Phi) is 5.05. The van der Waals surface area contributed by atoms with Crippen LogP contribution in [0.3, 0.4) is 0 Å². The fourth-order valence-electron chi connectivity index (χ4n) is 3.15. The molecule has 0 amide bonds. The molecule has 0 aliphatic rings. The number of nitrogens with one attached hydrogen (secondary N) is 1. The van der Waals surface area contributed by atoms with Crippen LogP contribution in [0.15, 0.2) is 83.2 Å². The molecule has 0 saturated heterocycles. The van der Waals surface area contributed by atoms with E-state index in [0.29, 0.717) is 11.6 Å². The Bertz CT molecular complexity index is 1330. The van der Waals surface area contributed by atoms with Crippen LogP contribution in [0.5, 0.6) is 17.2 Å². The van der Waals surface area contributed by atoms with E-state index in [1.165, 1.54) is 11.8 Å². The van der Waals surface area contributed by atoms with E-state index in [1.807, 2.05) is 72.4 Å². The first-order valence-corrected chi connectivity index (χ1v) is 10.4. The lowest BCUT2D eigenvalue weighted by atomic mass is 10.3. The second-order valence-electron chi connectivity index (χ2n) is 6.82. The lowest BCUT2D eigenvalue weighted by Crippen LogP contribution is -1.90. The predicted molar refractivity (Wildman–Crippen MR) is 120 cm³/mol. The second kappa shape index (κ2) is 8.16. The quantitative estimate of drug-likeness (QED) is 0.394. The molecule has 0 radical (unpaired) electrons. The van der Waals surface area contributed by atoms with Gasteiger partial charge in [0.1, 0.15) is 28.5 Å². The van der Waals surface area contributed by atoms with Crippen molar-refractivity contribution in [2.45, 2.75) is 10.1 Å². The van der Waals surface area contributed by atoms with Gasteiger partial charge in [-0.3, -0.25) is 4.98 Å². The number of hydrogen-bond donors (Lipinski definition) is 1. The molecular formula is C23H19N5O2S. The van der Waals surface area contributed by atoms with Crippen molar-refractivity contribution in [3.8, 4) is 28.8 Å². The highest BCUT2D eigenvalue weighted by Gasteiger charge is 2.15. The maximum atomic E-state index is 6.13. The molecule has 0 spiro atoms. The number of aryl methyl sites for hydroxylation is 1. The van der Waals surface area contributed by atoms with Crippen LogP contribution in [-0.2, 0) is 7.05 Å². The van der Waals surface area contributed by atoms with Crippen LogP contribution in [0, 0.1) is 0 Å². The van der Waals surface area contributed by atoms with Gasteiger partial charge < -0.3 is 19.0 Å². The van der Waals surface area contributed by atoms with Crippen LogP contribution in [0.4, 0.5) is 0 Å². The summed E-state index contributed by atoms with van der Waals surface area (Å²) >= 11 is 1.54. The van der Waals surface area contributed by atoms with Gasteiger partial charge in [-0.25, -0.2) is 9.97 Å². The van der Waals surface area contributed by atoms with Crippen LogP contribution in [0.1, 0.15) is 0 Å². The van der Waals surface area contributed by atoms with Crippen molar-refractivity contribution < 1.29 is 9.47 Å². The average Bonchev–Trinajstić information content (AvgIpc) is 3.41. The van der Waals surface area contributed by atoms with Crippen LogP contribution in [0.2, 0.25) is 0 Å². The van der Waals surface area contributed by atoms with Crippen LogP contribution >= 0.6 is 11.8 Å². The first-order valence-electron chi connectivity index (χ1n) is 9.62. The topological polar surface area (TPSA) is 77.8 Å². The fourth-order valence-corrected chi connectivity index (χ4v) is 4.09. The molecule has 2 aromatic carbocycles. The van der Waals surface area contributed by atoms with Crippen LogP contribution in [-0.4, -0.2) is 31.6 Å². The first kappa shape index (κ1) is 19.2. The zero-order chi connectivity index (χ0) is 21.2. The molecular weight excluding hydrogens is 410 g/mol. The Morgan fingerprint density at radius 3 is 2.48 bits per heavy atom. The van der Waals surface area contributed by atoms with Gasteiger partial charge in [-0.2, -0.15) is 0 Å². The monoisotopic (exact) mass is 429 g/mol. The standard InChI is InChI=1S/C23H19N5O2S/c1-28-12-11-25-23(28)31-20-14-17(30-16-8-6-15(29-2)7-9-16)13-19-21(20)27-22(26-19)18-5-3-4-10-24-18/h3-14H,1-2H3,(H,26,27). The highest BCUT2D eigenvalue weighted by molar-refractivity contribution is 7.99. The van der Waals surface area contributed by atoms with Crippen molar-refractivity contribution in [2.24, 2.45) is 7.05 Å². The highest BCUT2D eigenvalue weighted by atomic mass is 32.2. The smallest absolute Gasteiger partial charge is 0.172 e. The van der Waals surface area contributed by atoms with Gasteiger partial charge in [0.2, 0.25) is 0 Å². The number of ether oxygens (including phenoxy) is 2. The summed E-state index contributed by atoms with van der Waals surface area (Å²) in [5.41, 5.74) is 2.49. The molecule has 0 aliphatic carbocycles. The number of benzene rings is 2. The molecule has 0 fully saturated rings. The lowest BCUT2D eigenvalue weighted by Gasteiger charge is -2.09. The summed E-state index contributed by atoms with van der Waals surface area (Å²) in [5.74, 6) is 2.91. The van der Waals surface area contributed by atoms with Crippen molar-refractivity contribution in [3.05, 3.63) is 73.2 Å². The summed E-state index contributed by atoms with van der Waals surface area (Å²) in [4.78, 5) is 18.0. The van der Waals surface area contributed by atoms with Gasteiger partial charge in [0, 0.05) is 36.6 Å². The summed E-state index contributed by atoms with van der Waals surface area (Å²) in [5, 5.41) is 0.866. The number of H-pyrrole nitrogens is 1. The van der Waals surface area contributed by atoms with Crippen molar-refractivity contribution in [3.63, 3.8) is 0 Å². The fraction of sp³-hybridized carbons (Fsp3) is 0.0870. The van der Waals surface area contributed by atoms with Crippen LogP contribution < -0.4 is 9.47 Å². The van der Waals surface area contributed by atoms with Gasteiger partial charge in [0.05, 0.1) is 12.6 Å². The number of pyridine rings is 1. The molecule has 31 heavy (non-hydrogen) atoms. The summed E-state index contributed by atoms with van der Waals surface area (Å²) in [6.07, 6.45) is 5.45. The lowest BCUT2D eigenvalue weighted by molar-refractivity contribution is 0.413. The Hall–Kier alpha value is -3.78. The molecule has 1 N–H and O–H groups in total. The van der Waals surface area contributed by atoms with Gasteiger partial charge in [-0.05, 0) is 54.2 Å². The van der Waals surface area contributed by atoms with Gasteiger partial charge in [-0.1, -0.05) is 6.07 Å². The minimum atomic E-state index is 0.700. The molecule has 154 valence electrons. The number of imidazole rings is 2. The molecule has 8 heteroatoms. The van der Waals surface area contributed by atoms with Gasteiger partial charge in [0.15, 0.2) is 11.0 Å². The Morgan fingerprint density at radius 2 is 1.77 bits per heavy atom. The van der Waals surface area contributed by atoms with Crippen molar-refractivity contribution >= 4 is 22.8 Å². The Labute approximate surface area is 183 Å². The van der Waals surface area contributed by atoms with E-state index in [9.17, 15) is 0 Å². The van der Waals surface area contributed by atoms with E-state index in [1.54, 1.807) is 19.5 Å². The third-order valence-corrected chi connectivity index (χ3v) is 5.81. The third-order valence-electron chi connectivity index (χ3n) is 4.71. The van der Waals surface area contributed by atoms with E-state index < -0.39 is 0 Å². The van der Waals surface area contributed by atoms with E-state index in [0.717, 1.165) is 38.3 Å². The summed E-state index contributed by atoms with van der Waals surface area (Å²) in [6, 6.07) is 17.2. The van der Waals surface area contributed by atoms with Gasteiger partial charge in [-0.15, -0.1) is 0 Å². The SMILES string of the molecule is COc1ccc(Oc2cc(Sc3nccn3C)c3nc(-c4ccccn4)[nH]c3c2)cc1. The number of aromatic amines is 1. The molecule has 0 saturated carbocycles. The van der Waals surface area contributed by atoms with Crippen molar-refractivity contribution in [1.82, 2.24) is 24.5 Å². The van der Waals surface area contributed by atoms with E-state index in [4.69, 9.17) is 14.5 Å². The van der Waals surface area contributed by atoms with Gasteiger partial charge in [0.25, 0.3) is 0 Å². The van der Waals surface area contributed by atoms with E-state index in [2.05, 4.69) is 15.0 Å². The predicted octanol–water partition coefficient (Wildman–Crippen LogP) is 5.31. The first-order chi connectivity index (χ1) is 15.2. The molecule has 5 aromatic rings. The zero-order valence-electron chi connectivity index (χ0n) is 16.9. The molecule has 7 nitrogen and oxygen atoms in total. The average molecular weight is 430 g/mol. The summed E-state index contributed by atoms with van der Waals surface area (Å²) in [7, 11) is 3.61. The third kappa shape index (κ3) is 3.97. The van der Waals surface area contributed by atoms with E-state index in [-0.39, 0.29) is 0 Å². The minimum absolute atomic E-state index is 0.700. The number of fused-ring (bicyclic) bond motifs is 1. The minimum Gasteiger partial charge on any atom is -0.497 e. The molecule has 0 unspecified atom stereocenters. The summed E-state index contributed by atoms with van der Waals surface area (Å²) < 4.78 is 13.3. The number of aromatic nitrogens is 5. The van der Waals surface area contributed by atoms with Crippen LogP contribution in [0.25, 0.3) is 22.6 Å². The number of rotatable bonds is 6. The Morgan fingerprint density at radius 1 is 0.935 bits per heavy atom. The maximum absolute atomic E-state index is 6.13. The molecule has 5 rings (SSSR count). The number of nitrogens with zero attached hydrogens (tertiary/aromatic N) is 4. The number of hydrogen-bond acceptors (Lipinski definition) is 6. The highest BCUT2D eigenvalue weighted by Crippen LogP contribution is 2.37. The molecule has 3 heterocycles.